The molecule has 0 saturated carbocycles. The van der Waals surface area contributed by atoms with Crippen LogP contribution in [-0.2, 0) is 13.0 Å². The Morgan fingerprint density at radius 2 is 1.79 bits per heavy atom. The molecule has 0 N–H and O–H groups in total. The molecule has 0 radical (unpaired) electrons. The fourth-order valence-electron chi connectivity index (χ4n) is 5.93. The molecule has 5 heteroatoms. The zero-order valence-corrected chi connectivity index (χ0v) is 18.7. The molecule has 2 saturated heterocycles. The summed E-state index contributed by atoms with van der Waals surface area (Å²) in [5.41, 5.74) is 3.32. The van der Waals surface area contributed by atoms with Crippen LogP contribution in [0.3, 0.4) is 0 Å². The molecule has 2 aromatic heterocycles. The van der Waals surface area contributed by atoms with Crippen LogP contribution in [0.15, 0.2) is 79.6 Å². The van der Waals surface area contributed by atoms with E-state index >= 15 is 0 Å². The van der Waals surface area contributed by atoms with Crippen LogP contribution >= 0.6 is 0 Å². The van der Waals surface area contributed by atoms with E-state index in [0.29, 0.717) is 18.0 Å². The third kappa shape index (κ3) is 4.04. The lowest BCUT2D eigenvalue weighted by molar-refractivity contribution is 0.0524. The van der Waals surface area contributed by atoms with Crippen molar-refractivity contribution in [2.24, 2.45) is 5.92 Å². The predicted molar refractivity (Wildman–Crippen MR) is 129 cm³/mol. The summed E-state index contributed by atoms with van der Waals surface area (Å²) >= 11 is 0. The lowest BCUT2D eigenvalue weighted by atomic mass is 9.85. The molecule has 0 spiro atoms. The largest absolute Gasteiger partial charge is 0.333 e. The van der Waals surface area contributed by atoms with Gasteiger partial charge in [-0.1, -0.05) is 24.3 Å². The summed E-state index contributed by atoms with van der Waals surface area (Å²) in [5.74, 6) is 0.832. The molecule has 2 aromatic carbocycles. The van der Waals surface area contributed by atoms with Crippen molar-refractivity contribution in [1.82, 2.24) is 19.4 Å². The van der Waals surface area contributed by atoms with E-state index in [1.165, 1.54) is 16.3 Å². The first kappa shape index (κ1) is 20.2. The lowest BCUT2D eigenvalue weighted by Crippen LogP contribution is -2.46. The van der Waals surface area contributed by atoms with Gasteiger partial charge in [-0.25, -0.2) is 4.98 Å². The molecular weight excluding hydrogens is 408 g/mol. The highest BCUT2D eigenvalue weighted by Crippen LogP contribution is 2.41. The van der Waals surface area contributed by atoms with E-state index in [2.05, 4.69) is 51.3 Å². The number of benzene rings is 2. The van der Waals surface area contributed by atoms with Gasteiger partial charge in [0.2, 0.25) is 0 Å². The molecule has 0 unspecified atom stereocenters. The van der Waals surface area contributed by atoms with Gasteiger partial charge in [-0.15, -0.1) is 0 Å². The molecule has 1 amide bonds. The number of hydrogen-bond acceptors (Lipinski definition) is 3. The van der Waals surface area contributed by atoms with Crippen LogP contribution < -0.4 is 0 Å². The quantitative estimate of drug-likeness (QED) is 0.437. The Balaban J connectivity index is 1.15. The van der Waals surface area contributed by atoms with E-state index in [4.69, 9.17) is 0 Å². The second-order valence-electron chi connectivity index (χ2n) is 9.63. The van der Waals surface area contributed by atoms with Crippen LogP contribution in [0.25, 0.3) is 10.8 Å². The maximum Gasteiger partial charge on any atom is 0.254 e. The van der Waals surface area contributed by atoms with Gasteiger partial charge in [-0.2, -0.15) is 0 Å². The Morgan fingerprint density at radius 1 is 0.909 bits per heavy atom. The number of nitrogens with zero attached hydrogens (tertiary/aromatic N) is 4. The van der Waals surface area contributed by atoms with E-state index < -0.39 is 0 Å². The number of carbonyl (C=O) groups excluding carboxylic acids is 1. The van der Waals surface area contributed by atoms with Gasteiger partial charge in [0.15, 0.2) is 0 Å². The SMILES string of the molecule is O=C(c1cccc(Cn2ccnc2)c1)N1[C@H]2CC[C@H]1CC(Cc1ccc3ccncc3c1)C2. The van der Waals surface area contributed by atoms with Crippen molar-refractivity contribution >= 4 is 16.7 Å². The molecule has 6 rings (SSSR count). The van der Waals surface area contributed by atoms with Gasteiger partial charge in [0.25, 0.3) is 5.91 Å². The average Bonchev–Trinajstić information content (AvgIpc) is 3.44. The number of hydrogen-bond donors (Lipinski definition) is 0. The van der Waals surface area contributed by atoms with Crippen molar-refractivity contribution in [3.05, 3.63) is 96.3 Å². The van der Waals surface area contributed by atoms with Crippen LogP contribution in [0.5, 0.6) is 0 Å². The summed E-state index contributed by atoms with van der Waals surface area (Å²) in [5, 5.41) is 2.45. The third-order valence-corrected chi connectivity index (χ3v) is 7.39. The van der Waals surface area contributed by atoms with E-state index in [9.17, 15) is 4.79 Å². The first-order valence-electron chi connectivity index (χ1n) is 11.9. The highest BCUT2D eigenvalue weighted by atomic mass is 16.2. The van der Waals surface area contributed by atoms with Crippen molar-refractivity contribution < 1.29 is 4.79 Å². The Morgan fingerprint density at radius 3 is 2.61 bits per heavy atom. The van der Waals surface area contributed by atoms with Crippen LogP contribution in [0.1, 0.15) is 47.2 Å². The van der Waals surface area contributed by atoms with E-state index in [-0.39, 0.29) is 5.91 Å². The van der Waals surface area contributed by atoms with E-state index in [1.807, 2.05) is 41.6 Å². The molecule has 2 bridgehead atoms. The van der Waals surface area contributed by atoms with Crippen molar-refractivity contribution in [3.8, 4) is 0 Å². The molecule has 2 fully saturated rings. The van der Waals surface area contributed by atoms with Gasteiger partial charge in [-0.3, -0.25) is 9.78 Å². The molecule has 0 aliphatic carbocycles. The second kappa shape index (κ2) is 8.47. The van der Waals surface area contributed by atoms with E-state index in [0.717, 1.165) is 49.8 Å². The predicted octanol–water partition coefficient (Wildman–Crippen LogP) is 5.11. The normalized spacial score (nSPS) is 22.1. The number of rotatable bonds is 5. The molecule has 166 valence electrons. The average molecular weight is 437 g/mol. The van der Waals surface area contributed by atoms with Crippen molar-refractivity contribution in [1.29, 1.82) is 0 Å². The molecule has 2 aliphatic heterocycles. The van der Waals surface area contributed by atoms with Gasteiger partial charge in [0.05, 0.1) is 6.33 Å². The topological polar surface area (TPSA) is 51.0 Å². The van der Waals surface area contributed by atoms with Crippen LogP contribution in [0.4, 0.5) is 0 Å². The first-order valence-corrected chi connectivity index (χ1v) is 11.9. The number of amides is 1. The standard InChI is InChI=1S/C28H28N4O/c33-28(24-3-1-2-21(14-24)18-31-11-10-30-19-31)32-26-6-7-27(32)16-22(15-26)12-20-4-5-23-8-9-29-17-25(23)13-20/h1-5,8-11,13-14,17,19,22,26-27H,6-7,12,15-16,18H2/t26-,27-/m0/s1. The fourth-order valence-corrected chi connectivity index (χ4v) is 5.93. The Labute approximate surface area is 194 Å². The third-order valence-electron chi connectivity index (χ3n) is 7.39. The molecule has 2 atom stereocenters. The number of aromatic nitrogens is 3. The molecule has 33 heavy (non-hydrogen) atoms. The van der Waals surface area contributed by atoms with Gasteiger partial charge in [-0.05, 0) is 78.8 Å². The molecular formula is C28H28N4O. The second-order valence-corrected chi connectivity index (χ2v) is 9.63. The molecule has 4 heterocycles. The van der Waals surface area contributed by atoms with Gasteiger partial charge >= 0.3 is 0 Å². The maximum atomic E-state index is 13.5. The van der Waals surface area contributed by atoms with Crippen LogP contribution in [0.2, 0.25) is 0 Å². The first-order chi connectivity index (χ1) is 16.2. The molecule has 5 nitrogen and oxygen atoms in total. The summed E-state index contributed by atoms with van der Waals surface area (Å²) in [4.78, 5) is 24.1. The highest BCUT2D eigenvalue weighted by molar-refractivity contribution is 5.95. The summed E-state index contributed by atoms with van der Waals surface area (Å²) < 4.78 is 2.03. The number of pyridine rings is 1. The van der Waals surface area contributed by atoms with Crippen molar-refractivity contribution in [3.63, 3.8) is 0 Å². The molecule has 2 aliphatic rings. The van der Waals surface area contributed by atoms with E-state index in [1.54, 1.807) is 6.20 Å². The summed E-state index contributed by atoms with van der Waals surface area (Å²) in [6.45, 7) is 0.733. The minimum absolute atomic E-state index is 0.199. The van der Waals surface area contributed by atoms with Crippen LogP contribution in [0, 0.1) is 5.92 Å². The number of carbonyl (C=O) groups is 1. The minimum atomic E-state index is 0.199. The van der Waals surface area contributed by atoms with Crippen molar-refractivity contribution in [2.45, 2.75) is 50.7 Å². The van der Waals surface area contributed by atoms with Gasteiger partial charge in [0.1, 0.15) is 0 Å². The summed E-state index contributed by atoms with van der Waals surface area (Å²) in [7, 11) is 0. The summed E-state index contributed by atoms with van der Waals surface area (Å²) in [6, 6.07) is 17.6. The zero-order chi connectivity index (χ0) is 22.2. The maximum absolute atomic E-state index is 13.5. The number of piperidine rings is 1. The minimum Gasteiger partial charge on any atom is -0.333 e. The lowest BCUT2D eigenvalue weighted by Gasteiger charge is -2.39. The smallest absolute Gasteiger partial charge is 0.254 e. The Kier molecular flexibility index (Phi) is 5.17. The fraction of sp³-hybridized carbons (Fsp3) is 0.321. The Hall–Kier alpha value is -3.47. The summed E-state index contributed by atoms with van der Waals surface area (Å²) in [6.07, 6.45) is 14.9. The van der Waals surface area contributed by atoms with Gasteiger partial charge < -0.3 is 9.47 Å². The number of fused-ring (bicyclic) bond motifs is 3. The highest BCUT2D eigenvalue weighted by Gasteiger charge is 2.43. The molecule has 4 aromatic rings. The number of imidazole rings is 1. The monoisotopic (exact) mass is 436 g/mol. The van der Waals surface area contributed by atoms with Gasteiger partial charge in [0, 0.05) is 54.4 Å². The zero-order valence-electron chi connectivity index (χ0n) is 18.7. The van der Waals surface area contributed by atoms with Crippen LogP contribution in [-0.4, -0.2) is 37.4 Å². The van der Waals surface area contributed by atoms with Crippen molar-refractivity contribution in [2.75, 3.05) is 0 Å². The Bertz CT molecular complexity index is 1270.